The number of thiophene rings is 1. The molecule has 1 heterocycles. The fraction of sp³-hybridized carbons (Fsp3) is 0.0833. The zero-order chi connectivity index (χ0) is 14.8. The van der Waals surface area contributed by atoms with Crippen molar-refractivity contribution in [3.8, 4) is 0 Å². The Morgan fingerprint density at radius 1 is 1.40 bits per heavy atom. The molecule has 0 spiro atoms. The Kier molecular flexibility index (Phi) is 4.92. The van der Waals surface area contributed by atoms with Crippen LogP contribution >= 0.6 is 39.5 Å². The maximum absolute atomic E-state index is 12.2. The minimum absolute atomic E-state index is 0.151. The molecule has 0 saturated heterocycles. The molecule has 0 aliphatic heterocycles. The monoisotopic (exact) mass is 390 g/mol. The first-order valence-corrected chi connectivity index (χ1v) is 9.07. The van der Waals surface area contributed by atoms with Crippen molar-refractivity contribution in [3.05, 3.63) is 50.6 Å². The van der Waals surface area contributed by atoms with Crippen LogP contribution in [0.3, 0.4) is 0 Å². The Bertz CT molecular complexity index is 741. The second-order valence-corrected chi connectivity index (χ2v) is 8.07. The second kappa shape index (κ2) is 6.31. The second-order valence-electron chi connectivity index (χ2n) is 3.95. The molecule has 0 aliphatic carbocycles. The lowest BCUT2D eigenvalue weighted by molar-refractivity contribution is 0.582. The maximum atomic E-state index is 12.2. The normalized spacial score (nSPS) is 11.4. The summed E-state index contributed by atoms with van der Waals surface area (Å²) >= 11 is 9.65. The van der Waals surface area contributed by atoms with Gasteiger partial charge in [-0.3, -0.25) is 0 Å². The predicted octanol–water partition coefficient (Wildman–Crippen LogP) is 2.62. The van der Waals surface area contributed by atoms with E-state index in [1.165, 1.54) is 23.5 Å². The van der Waals surface area contributed by atoms with Crippen molar-refractivity contribution in [3.63, 3.8) is 0 Å². The number of rotatable bonds is 5. The van der Waals surface area contributed by atoms with E-state index < -0.39 is 10.0 Å². The number of sulfonamides is 1. The van der Waals surface area contributed by atoms with Crippen molar-refractivity contribution >= 4 is 54.5 Å². The van der Waals surface area contributed by atoms with Gasteiger partial charge in [0, 0.05) is 26.8 Å². The molecule has 0 bridgehead atoms. The molecule has 1 aromatic carbocycles. The van der Waals surface area contributed by atoms with E-state index in [4.69, 9.17) is 18.0 Å². The molecule has 20 heavy (non-hydrogen) atoms. The summed E-state index contributed by atoms with van der Waals surface area (Å²) in [6, 6.07) is 8.14. The van der Waals surface area contributed by atoms with Gasteiger partial charge in [-0.25, -0.2) is 13.1 Å². The molecule has 0 aliphatic rings. The Labute approximate surface area is 135 Å². The van der Waals surface area contributed by atoms with Crippen LogP contribution in [0.2, 0.25) is 0 Å². The van der Waals surface area contributed by atoms with Gasteiger partial charge in [0.1, 0.15) is 4.99 Å². The van der Waals surface area contributed by atoms with Gasteiger partial charge in [-0.05, 0) is 34.1 Å². The van der Waals surface area contributed by atoms with Crippen molar-refractivity contribution in [1.82, 2.24) is 4.72 Å². The van der Waals surface area contributed by atoms with Gasteiger partial charge in [0.15, 0.2) is 0 Å². The molecule has 0 saturated carbocycles. The van der Waals surface area contributed by atoms with Crippen LogP contribution in [0.4, 0.5) is 0 Å². The number of thiocarbonyl (C=S) groups is 1. The Hall–Kier alpha value is -0.800. The van der Waals surface area contributed by atoms with E-state index in [1.807, 2.05) is 11.4 Å². The number of benzene rings is 1. The predicted molar refractivity (Wildman–Crippen MR) is 88.4 cm³/mol. The smallest absolute Gasteiger partial charge is 0.240 e. The van der Waals surface area contributed by atoms with Gasteiger partial charge in [-0.1, -0.05) is 24.4 Å². The topological polar surface area (TPSA) is 72.2 Å². The van der Waals surface area contributed by atoms with Gasteiger partial charge < -0.3 is 5.73 Å². The molecule has 2 rings (SSSR count). The summed E-state index contributed by atoms with van der Waals surface area (Å²) in [5, 5.41) is 1.90. The van der Waals surface area contributed by atoms with Crippen LogP contribution in [-0.4, -0.2) is 13.4 Å². The number of hydrogen-bond donors (Lipinski definition) is 2. The summed E-state index contributed by atoms with van der Waals surface area (Å²) < 4.78 is 27.9. The third-order valence-electron chi connectivity index (χ3n) is 2.49. The third-order valence-corrected chi connectivity index (χ3v) is 5.82. The fourth-order valence-electron chi connectivity index (χ4n) is 1.51. The van der Waals surface area contributed by atoms with E-state index >= 15 is 0 Å². The van der Waals surface area contributed by atoms with Crippen LogP contribution in [-0.2, 0) is 16.6 Å². The summed E-state index contributed by atoms with van der Waals surface area (Å²) in [5.74, 6) is 0. The third kappa shape index (κ3) is 3.86. The van der Waals surface area contributed by atoms with Gasteiger partial charge in [-0.15, -0.1) is 11.3 Å². The van der Waals surface area contributed by atoms with Gasteiger partial charge >= 0.3 is 0 Å². The van der Waals surface area contributed by atoms with E-state index in [9.17, 15) is 8.42 Å². The van der Waals surface area contributed by atoms with Gasteiger partial charge in [0.25, 0.3) is 0 Å². The zero-order valence-electron chi connectivity index (χ0n) is 10.2. The highest BCUT2D eigenvalue weighted by Crippen LogP contribution is 2.20. The van der Waals surface area contributed by atoms with Crippen LogP contribution in [0.5, 0.6) is 0 Å². The summed E-state index contributed by atoms with van der Waals surface area (Å²) in [4.78, 5) is 1.24. The zero-order valence-corrected chi connectivity index (χ0v) is 14.2. The first-order valence-electron chi connectivity index (χ1n) is 5.51. The SMILES string of the molecule is NC(=S)c1cccc(S(=O)(=O)NCc2cc(Br)cs2)c1. The summed E-state index contributed by atoms with van der Waals surface area (Å²) in [5.41, 5.74) is 6.04. The minimum atomic E-state index is -3.58. The molecule has 0 unspecified atom stereocenters. The minimum Gasteiger partial charge on any atom is -0.389 e. The number of nitrogens with two attached hydrogens (primary N) is 1. The molecule has 106 valence electrons. The lowest BCUT2D eigenvalue weighted by Crippen LogP contribution is -2.23. The molecule has 0 amide bonds. The largest absolute Gasteiger partial charge is 0.389 e. The van der Waals surface area contributed by atoms with Crippen molar-refractivity contribution in [2.75, 3.05) is 0 Å². The highest BCUT2D eigenvalue weighted by atomic mass is 79.9. The summed E-state index contributed by atoms with van der Waals surface area (Å²) in [6.45, 7) is 0.246. The molecule has 8 heteroatoms. The van der Waals surface area contributed by atoms with E-state index in [2.05, 4.69) is 20.7 Å². The average molecular weight is 391 g/mol. The van der Waals surface area contributed by atoms with Crippen LogP contribution in [0.1, 0.15) is 10.4 Å². The first-order chi connectivity index (χ1) is 9.38. The Balaban J connectivity index is 2.17. The van der Waals surface area contributed by atoms with Gasteiger partial charge in [-0.2, -0.15) is 0 Å². The lowest BCUT2D eigenvalue weighted by Gasteiger charge is -2.07. The van der Waals surface area contributed by atoms with Crippen molar-refractivity contribution < 1.29 is 8.42 Å². The van der Waals surface area contributed by atoms with Crippen LogP contribution in [0, 0.1) is 0 Å². The van der Waals surface area contributed by atoms with Crippen molar-refractivity contribution in [2.45, 2.75) is 11.4 Å². The lowest BCUT2D eigenvalue weighted by atomic mass is 10.2. The van der Waals surface area contributed by atoms with Gasteiger partial charge in [0.2, 0.25) is 10.0 Å². The summed E-state index contributed by atoms with van der Waals surface area (Å²) in [6.07, 6.45) is 0. The molecule has 2 aromatic rings. The number of nitrogens with one attached hydrogen (secondary N) is 1. The molecule has 0 fully saturated rings. The van der Waals surface area contributed by atoms with Crippen LogP contribution in [0.25, 0.3) is 0 Å². The molecule has 0 atom stereocenters. The van der Waals surface area contributed by atoms with E-state index in [0.29, 0.717) is 5.56 Å². The number of hydrogen-bond acceptors (Lipinski definition) is 4. The standard InChI is InChI=1S/C12H11BrN2O2S3/c13-9-5-10(19-7-9)6-15-20(16,17)11-3-1-2-8(4-11)12(14)18/h1-5,7,15H,6H2,(H2,14,18). The van der Waals surface area contributed by atoms with Crippen LogP contribution in [0.15, 0.2) is 45.1 Å². The fourth-order valence-corrected chi connectivity index (χ4v) is 4.17. The average Bonchev–Trinajstić information content (AvgIpc) is 2.82. The van der Waals surface area contributed by atoms with E-state index in [1.54, 1.807) is 12.1 Å². The van der Waals surface area contributed by atoms with E-state index in [-0.39, 0.29) is 16.4 Å². The van der Waals surface area contributed by atoms with E-state index in [0.717, 1.165) is 9.35 Å². The number of halogens is 1. The van der Waals surface area contributed by atoms with Crippen molar-refractivity contribution in [1.29, 1.82) is 0 Å². The molecule has 0 radical (unpaired) electrons. The first kappa shape index (κ1) is 15.6. The quantitative estimate of drug-likeness (QED) is 0.769. The molecular formula is C12H11BrN2O2S3. The van der Waals surface area contributed by atoms with Gasteiger partial charge in [0.05, 0.1) is 4.90 Å². The Morgan fingerprint density at radius 2 is 2.15 bits per heavy atom. The van der Waals surface area contributed by atoms with Crippen LogP contribution < -0.4 is 10.5 Å². The maximum Gasteiger partial charge on any atom is 0.240 e. The molecular weight excluding hydrogens is 380 g/mol. The summed E-state index contributed by atoms with van der Waals surface area (Å²) in [7, 11) is -3.58. The van der Waals surface area contributed by atoms with Crippen molar-refractivity contribution in [2.24, 2.45) is 5.73 Å². The molecule has 4 nitrogen and oxygen atoms in total. The molecule has 3 N–H and O–H groups in total. The highest BCUT2D eigenvalue weighted by molar-refractivity contribution is 9.10. The highest BCUT2D eigenvalue weighted by Gasteiger charge is 2.15. The molecule has 1 aromatic heterocycles. The Morgan fingerprint density at radius 3 is 2.75 bits per heavy atom.